The van der Waals surface area contributed by atoms with Crippen LogP contribution in [0, 0.1) is 0 Å². The third-order valence-corrected chi connectivity index (χ3v) is 4.18. The number of nitrogens with one attached hydrogen (secondary N) is 1. The molecule has 4 heteroatoms. The lowest BCUT2D eigenvalue weighted by atomic mass is 10.0. The van der Waals surface area contributed by atoms with E-state index in [1.165, 1.54) is 13.0 Å². The molecule has 1 aliphatic heterocycles. The lowest BCUT2D eigenvalue weighted by Gasteiger charge is -2.32. The molecule has 3 nitrogen and oxygen atoms in total. The van der Waals surface area contributed by atoms with E-state index in [0.29, 0.717) is 6.04 Å². The minimum atomic E-state index is -0.0267. The summed E-state index contributed by atoms with van der Waals surface area (Å²) in [6.45, 7) is 7.67. The lowest BCUT2D eigenvalue weighted by Crippen LogP contribution is -2.46. The average Bonchev–Trinajstić information content (AvgIpc) is 2.31. The van der Waals surface area contributed by atoms with E-state index in [1.54, 1.807) is 0 Å². The van der Waals surface area contributed by atoms with Gasteiger partial charge in [0.15, 0.2) is 0 Å². The van der Waals surface area contributed by atoms with Crippen LogP contribution in [0.1, 0.15) is 39.5 Å². The molecule has 1 N–H and O–H groups in total. The summed E-state index contributed by atoms with van der Waals surface area (Å²) < 4.78 is 0. The van der Waals surface area contributed by atoms with Gasteiger partial charge in [0.25, 0.3) is 0 Å². The molecular weight excluding hydrogens is 268 g/mol. The van der Waals surface area contributed by atoms with Gasteiger partial charge in [0.1, 0.15) is 0 Å². The Kier molecular flexibility index (Phi) is 6.36. The van der Waals surface area contributed by atoms with Crippen LogP contribution in [0.3, 0.4) is 0 Å². The van der Waals surface area contributed by atoms with Gasteiger partial charge in [-0.3, -0.25) is 4.79 Å². The Hall–Kier alpha value is -0.0900. The van der Waals surface area contributed by atoms with Crippen LogP contribution in [-0.2, 0) is 4.79 Å². The molecule has 1 heterocycles. The number of carbonyl (C=O) groups is 1. The van der Waals surface area contributed by atoms with Crippen LogP contribution in [0.25, 0.3) is 0 Å². The molecule has 1 fully saturated rings. The maximum absolute atomic E-state index is 11.7. The molecule has 1 rings (SSSR count). The molecular formula is C12H23BrN2O. The monoisotopic (exact) mass is 290 g/mol. The van der Waals surface area contributed by atoms with Crippen molar-refractivity contribution in [3.05, 3.63) is 0 Å². The third-order valence-electron chi connectivity index (χ3n) is 3.12. The molecule has 0 radical (unpaired) electrons. The van der Waals surface area contributed by atoms with E-state index in [4.69, 9.17) is 0 Å². The number of halogens is 1. The molecule has 1 aliphatic rings. The summed E-state index contributed by atoms with van der Waals surface area (Å²) in [6.07, 6.45) is 4.25. The fourth-order valence-corrected chi connectivity index (χ4v) is 2.23. The highest BCUT2D eigenvalue weighted by Crippen LogP contribution is 2.12. The van der Waals surface area contributed by atoms with E-state index < -0.39 is 0 Å². The fraction of sp³-hybridized carbons (Fsp3) is 0.917. The van der Waals surface area contributed by atoms with E-state index in [9.17, 15) is 4.79 Å². The van der Waals surface area contributed by atoms with Crippen molar-refractivity contribution in [3.8, 4) is 0 Å². The molecule has 1 saturated heterocycles. The lowest BCUT2D eigenvalue weighted by molar-refractivity contribution is -0.121. The maximum Gasteiger partial charge on any atom is 0.233 e. The van der Waals surface area contributed by atoms with Gasteiger partial charge in [0.2, 0.25) is 5.91 Å². The fourth-order valence-electron chi connectivity index (χ4n) is 2.09. The predicted octanol–water partition coefficient (Wildman–Crippen LogP) is 2.15. The van der Waals surface area contributed by atoms with Crippen LogP contribution in [-0.4, -0.2) is 41.3 Å². The minimum absolute atomic E-state index is 0.0267. The summed E-state index contributed by atoms with van der Waals surface area (Å²) in [4.78, 5) is 14.1. The Morgan fingerprint density at radius 2 is 2.06 bits per heavy atom. The Balaban J connectivity index is 2.24. The van der Waals surface area contributed by atoms with Crippen molar-refractivity contribution in [2.24, 2.45) is 0 Å². The van der Waals surface area contributed by atoms with Crippen LogP contribution in [0.15, 0.2) is 0 Å². The number of amides is 1. The van der Waals surface area contributed by atoms with Crippen LogP contribution in [0.2, 0.25) is 0 Å². The van der Waals surface area contributed by atoms with Crippen LogP contribution in [0.5, 0.6) is 0 Å². The van der Waals surface area contributed by atoms with Crippen molar-refractivity contribution >= 4 is 21.8 Å². The number of nitrogens with zero attached hydrogens (tertiary/aromatic N) is 1. The predicted molar refractivity (Wildman–Crippen MR) is 70.9 cm³/mol. The summed E-state index contributed by atoms with van der Waals surface area (Å²) in [6, 6.07) is 0.382. The van der Waals surface area contributed by atoms with E-state index in [-0.39, 0.29) is 10.7 Å². The summed E-state index contributed by atoms with van der Waals surface area (Å²) in [5, 5.41) is 3.12. The van der Waals surface area contributed by atoms with Gasteiger partial charge < -0.3 is 10.2 Å². The number of alkyl halides is 1. The molecule has 0 bridgehead atoms. The zero-order chi connectivity index (χ0) is 12.0. The number of carbonyl (C=O) groups excluding carboxylic acids is 1. The molecule has 1 unspecified atom stereocenters. The first kappa shape index (κ1) is 14.0. The van der Waals surface area contributed by atoms with Crippen LogP contribution < -0.4 is 5.32 Å². The topological polar surface area (TPSA) is 32.3 Å². The Bertz CT molecular complexity index is 215. The summed E-state index contributed by atoms with van der Waals surface area (Å²) >= 11 is 3.38. The quantitative estimate of drug-likeness (QED) is 0.787. The van der Waals surface area contributed by atoms with Crippen molar-refractivity contribution in [2.45, 2.75) is 50.4 Å². The van der Waals surface area contributed by atoms with Crippen molar-refractivity contribution in [1.29, 1.82) is 0 Å². The largest absolute Gasteiger partial charge is 0.352 e. The molecule has 94 valence electrons. The molecule has 0 aromatic carbocycles. The number of rotatable bonds is 5. The zero-order valence-electron chi connectivity index (χ0n) is 10.3. The number of piperidine rings is 1. The van der Waals surface area contributed by atoms with Crippen molar-refractivity contribution < 1.29 is 4.79 Å². The Morgan fingerprint density at radius 3 is 2.56 bits per heavy atom. The SMILES string of the molecule is CCCN1CCC(NC(=O)C(Br)CC)CC1. The summed E-state index contributed by atoms with van der Waals surface area (Å²) in [5.74, 6) is 0.149. The highest BCUT2D eigenvalue weighted by atomic mass is 79.9. The summed E-state index contributed by atoms with van der Waals surface area (Å²) in [7, 11) is 0. The second kappa shape index (κ2) is 7.28. The van der Waals surface area contributed by atoms with E-state index in [0.717, 1.165) is 32.4 Å². The first-order valence-electron chi connectivity index (χ1n) is 6.34. The smallest absolute Gasteiger partial charge is 0.233 e. The molecule has 0 spiro atoms. The van der Waals surface area contributed by atoms with Gasteiger partial charge in [-0.1, -0.05) is 29.8 Å². The van der Waals surface area contributed by atoms with Gasteiger partial charge in [0.05, 0.1) is 4.83 Å². The van der Waals surface area contributed by atoms with Crippen molar-refractivity contribution in [1.82, 2.24) is 10.2 Å². The Morgan fingerprint density at radius 1 is 1.44 bits per heavy atom. The molecule has 0 saturated carbocycles. The van der Waals surface area contributed by atoms with Crippen molar-refractivity contribution in [3.63, 3.8) is 0 Å². The van der Waals surface area contributed by atoms with Crippen LogP contribution in [0.4, 0.5) is 0 Å². The standard InChI is InChI=1S/C12H23BrN2O/c1-3-7-15-8-5-10(6-9-15)14-12(16)11(13)4-2/h10-11H,3-9H2,1-2H3,(H,14,16). The highest BCUT2D eigenvalue weighted by Gasteiger charge is 2.22. The molecule has 1 atom stereocenters. The maximum atomic E-state index is 11.7. The minimum Gasteiger partial charge on any atom is -0.352 e. The summed E-state index contributed by atoms with van der Waals surface area (Å²) in [5.41, 5.74) is 0. The van der Waals surface area contributed by atoms with Gasteiger partial charge >= 0.3 is 0 Å². The van der Waals surface area contributed by atoms with Gasteiger partial charge in [-0.25, -0.2) is 0 Å². The van der Waals surface area contributed by atoms with E-state index in [1.807, 2.05) is 6.92 Å². The normalized spacial score (nSPS) is 20.7. The van der Waals surface area contributed by atoms with E-state index >= 15 is 0 Å². The number of likely N-dealkylation sites (tertiary alicyclic amines) is 1. The number of hydrogen-bond donors (Lipinski definition) is 1. The van der Waals surface area contributed by atoms with Crippen LogP contribution >= 0.6 is 15.9 Å². The van der Waals surface area contributed by atoms with E-state index in [2.05, 4.69) is 33.1 Å². The van der Waals surface area contributed by atoms with Gasteiger partial charge in [-0.2, -0.15) is 0 Å². The third kappa shape index (κ3) is 4.42. The second-order valence-electron chi connectivity index (χ2n) is 4.50. The molecule has 1 amide bonds. The first-order chi connectivity index (χ1) is 7.67. The Labute approximate surface area is 107 Å². The molecule has 0 aromatic rings. The van der Waals surface area contributed by atoms with Gasteiger partial charge in [0, 0.05) is 19.1 Å². The molecule has 0 aromatic heterocycles. The van der Waals surface area contributed by atoms with Gasteiger partial charge in [-0.15, -0.1) is 0 Å². The highest BCUT2D eigenvalue weighted by molar-refractivity contribution is 9.10. The number of hydrogen-bond acceptors (Lipinski definition) is 2. The second-order valence-corrected chi connectivity index (χ2v) is 5.61. The molecule has 0 aliphatic carbocycles. The molecule has 16 heavy (non-hydrogen) atoms. The first-order valence-corrected chi connectivity index (χ1v) is 7.25. The zero-order valence-corrected chi connectivity index (χ0v) is 11.9. The van der Waals surface area contributed by atoms with Gasteiger partial charge in [-0.05, 0) is 32.2 Å². The average molecular weight is 291 g/mol. The van der Waals surface area contributed by atoms with Crippen molar-refractivity contribution in [2.75, 3.05) is 19.6 Å².